The van der Waals surface area contributed by atoms with Crippen LogP contribution in [0.4, 0.5) is 0 Å². The van der Waals surface area contributed by atoms with Crippen LogP contribution >= 0.6 is 22.9 Å². The van der Waals surface area contributed by atoms with E-state index in [9.17, 15) is 14.4 Å². The highest BCUT2D eigenvalue weighted by Gasteiger charge is 2.38. The van der Waals surface area contributed by atoms with Crippen LogP contribution in [0.15, 0.2) is 36.5 Å². The van der Waals surface area contributed by atoms with Gasteiger partial charge in [0.2, 0.25) is 0 Å². The number of carbonyl (C=O) groups excluding carboxylic acids is 3. The summed E-state index contributed by atoms with van der Waals surface area (Å²) in [6, 6.07) is 7.71. The molecule has 0 radical (unpaired) electrons. The van der Waals surface area contributed by atoms with Crippen LogP contribution in [0.5, 0.6) is 5.75 Å². The zero-order valence-corrected chi connectivity index (χ0v) is 21.1. The summed E-state index contributed by atoms with van der Waals surface area (Å²) >= 11 is 7.43. The topological polar surface area (TPSA) is 116 Å². The van der Waals surface area contributed by atoms with Crippen LogP contribution in [-0.4, -0.2) is 69.3 Å². The summed E-state index contributed by atoms with van der Waals surface area (Å²) in [6.45, 7) is 3.19. The van der Waals surface area contributed by atoms with Gasteiger partial charge in [-0.15, -0.1) is 16.4 Å². The van der Waals surface area contributed by atoms with Gasteiger partial charge in [0.05, 0.1) is 46.3 Å². The molecule has 10 nitrogen and oxygen atoms in total. The fraction of sp³-hybridized carbons (Fsp3) is 0.375. The van der Waals surface area contributed by atoms with Crippen molar-refractivity contribution in [2.24, 2.45) is 0 Å². The Labute approximate surface area is 216 Å². The fourth-order valence-electron chi connectivity index (χ4n) is 4.17. The van der Waals surface area contributed by atoms with Crippen molar-refractivity contribution in [3.63, 3.8) is 0 Å². The van der Waals surface area contributed by atoms with E-state index in [-0.39, 0.29) is 37.3 Å². The highest BCUT2D eigenvalue weighted by molar-refractivity contribution is 7.15. The Bertz CT molecular complexity index is 1310. The van der Waals surface area contributed by atoms with Gasteiger partial charge in [-0.25, -0.2) is 0 Å². The number of hydrogen-bond acceptors (Lipinski definition) is 8. The zero-order chi connectivity index (χ0) is 25.2. The number of carbonyl (C=O) groups is 3. The second-order valence-corrected chi connectivity index (χ2v) is 10.2. The molecule has 2 aliphatic rings. The molecule has 0 saturated carbocycles. The van der Waals surface area contributed by atoms with Crippen molar-refractivity contribution < 1.29 is 23.9 Å². The Morgan fingerprint density at radius 2 is 2.03 bits per heavy atom. The van der Waals surface area contributed by atoms with Crippen LogP contribution in [0.25, 0.3) is 0 Å². The largest absolute Gasteiger partial charge is 0.492 e. The van der Waals surface area contributed by atoms with E-state index in [1.54, 1.807) is 46.1 Å². The second-order valence-electron chi connectivity index (χ2n) is 8.68. The van der Waals surface area contributed by atoms with Crippen molar-refractivity contribution >= 4 is 40.5 Å². The maximum absolute atomic E-state index is 13.2. The minimum Gasteiger partial charge on any atom is -0.492 e. The molecule has 2 amide bonds. The Morgan fingerprint density at radius 3 is 2.83 bits per heavy atom. The summed E-state index contributed by atoms with van der Waals surface area (Å²) in [5.41, 5.74) is 1.04. The summed E-state index contributed by atoms with van der Waals surface area (Å²) in [7, 11) is 0. The molecule has 4 bridgehead atoms. The molecule has 2 aromatic heterocycles. The molecule has 0 aliphatic carbocycles. The van der Waals surface area contributed by atoms with Gasteiger partial charge in [0, 0.05) is 31.6 Å². The summed E-state index contributed by atoms with van der Waals surface area (Å²) in [5, 5.41) is 11.7. The molecule has 3 aromatic rings. The number of aromatic nitrogens is 3. The summed E-state index contributed by atoms with van der Waals surface area (Å²) in [4.78, 5) is 40.6. The van der Waals surface area contributed by atoms with E-state index in [0.717, 1.165) is 11.3 Å². The number of rotatable bonds is 2. The fourth-order valence-corrected chi connectivity index (χ4v) is 5.21. The SMILES string of the molecule is CC(=O)c1ccc(C(=O)N2C[C@@H]3NC(=O)c4ccc(Cl)c(c4)OCCCn4cc(nn4)CO[C@H]3C2)s1. The normalized spacial score (nSPS) is 20.4. The van der Waals surface area contributed by atoms with Crippen molar-refractivity contribution in [2.45, 2.75) is 38.6 Å². The van der Waals surface area contributed by atoms with Gasteiger partial charge < -0.3 is 19.7 Å². The van der Waals surface area contributed by atoms with Crippen molar-refractivity contribution in [3.05, 3.63) is 62.6 Å². The lowest BCUT2D eigenvalue weighted by atomic mass is 10.1. The third kappa shape index (κ3) is 5.28. The van der Waals surface area contributed by atoms with Gasteiger partial charge in [-0.1, -0.05) is 16.8 Å². The number of ketones is 1. The first-order valence-electron chi connectivity index (χ1n) is 11.5. The van der Waals surface area contributed by atoms with E-state index in [1.165, 1.54) is 6.92 Å². The summed E-state index contributed by atoms with van der Waals surface area (Å²) in [5.74, 6) is -0.199. The number of nitrogens with one attached hydrogen (secondary N) is 1. The summed E-state index contributed by atoms with van der Waals surface area (Å²) in [6.07, 6.45) is 2.01. The number of hydrogen-bond donors (Lipinski definition) is 1. The van der Waals surface area contributed by atoms with Crippen molar-refractivity contribution in [2.75, 3.05) is 19.7 Å². The average molecular weight is 530 g/mol. The van der Waals surface area contributed by atoms with E-state index in [4.69, 9.17) is 21.1 Å². The van der Waals surface area contributed by atoms with Gasteiger partial charge in [0.25, 0.3) is 11.8 Å². The molecule has 0 unspecified atom stereocenters. The van der Waals surface area contributed by atoms with Crippen LogP contribution in [-0.2, 0) is 17.9 Å². The quantitative estimate of drug-likeness (QED) is 0.507. The molecule has 1 saturated heterocycles. The van der Waals surface area contributed by atoms with Crippen LogP contribution in [0.2, 0.25) is 5.02 Å². The highest BCUT2D eigenvalue weighted by Crippen LogP contribution is 2.27. The van der Waals surface area contributed by atoms with Crippen LogP contribution < -0.4 is 10.1 Å². The van der Waals surface area contributed by atoms with Gasteiger partial charge >= 0.3 is 0 Å². The first-order valence-corrected chi connectivity index (χ1v) is 12.7. The van der Waals surface area contributed by atoms with Gasteiger partial charge in [0.15, 0.2) is 5.78 Å². The summed E-state index contributed by atoms with van der Waals surface area (Å²) < 4.78 is 13.7. The van der Waals surface area contributed by atoms with Crippen LogP contribution in [0.1, 0.15) is 48.7 Å². The number of amides is 2. The van der Waals surface area contributed by atoms with Crippen molar-refractivity contribution in [1.82, 2.24) is 25.2 Å². The molecule has 1 fully saturated rings. The van der Waals surface area contributed by atoms with Crippen molar-refractivity contribution in [1.29, 1.82) is 0 Å². The van der Waals surface area contributed by atoms with E-state index in [0.29, 0.717) is 51.4 Å². The third-order valence-corrected chi connectivity index (χ3v) is 7.53. The van der Waals surface area contributed by atoms with Crippen LogP contribution in [0, 0.1) is 0 Å². The third-order valence-electron chi connectivity index (χ3n) is 6.05. The number of halogens is 1. The number of benzene rings is 1. The number of likely N-dealkylation sites (tertiary alicyclic amines) is 1. The highest BCUT2D eigenvalue weighted by atomic mass is 35.5. The predicted molar refractivity (Wildman–Crippen MR) is 132 cm³/mol. The monoisotopic (exact) mass is 529 g/mol. The molecule has 1 N–H and O–H groups in total. The van der Waals surface area contributed by atoms with Crippen molar-refractivity contribution in [3.8, 4) is 5.75 Å². The van der Waals surface area contributed by atoms with E-state index >= 15 is 0 Å². The Morgan fingerprint density at radius 1 is 1.19 bits per heavy atom. The van der Waals surface area contributed by atoms with E-state index in [2.05, 4.69) is 15.6 Å². The first-order chi connectivity index (χ1) is 17.4. The van der Waals surface area contributed by atoms with E-state index < -0.39 is 12.1 Å². The molecule has 2 atom stereocenters. The molecular weight excluding hydrogens is 506 g/mol. The molecule has 4 heterocycles. The molecule has 12 heteroatoms. The van der Waals surface area contributed by atoms with Gasteiger partial charge in [-0.2, -0.15) is 0 Å². The first kappa shape index (κ1) is 24.4. The maximum atomic E-state index is 13.2. The lowest BCUT2D eigenvalue weighted by Gasteiger charge is -2.20. The van der Waals surface area contributed by atoms with Gasteiger partial charge in [0.1, 0.15) is 11.4 Å². The smallest absolute Gasteiger partial charge is 0.264 e. The number of Topliss-reactive ketones (excluding diaryl/α,β-unsaturated/α-hetero) is 1. The maximum Gasteiger partial charge on any atom is 0.264 e. The average Bonchev–Trinajstić information content (AvgIpc) is 3.60. The molecule has 5 rings (SSSR count). The minimum atomic E-state index is -0.466. The van der Waals surface area contributed by atoms with Gasteiger partial charge in [-0.3, -0.25) is 19.1 Å². The minimum absolute atomic E-state index is 0.0878. The Kier molecular flexibility index (Phi) is 7.04. The van der Waals surface area contributed by atoms with E-state index in [1.807, 2.05) is 0 Å². The molecular formula is C24H24ClN5O5S. The Balaban J connectivity index is 1.39. The number of aryl methyl sites for hydroxylation is 1. The lowest BCUT2D eigenvalue weighted by molar-refractivity contribution is 0.0291. The molecule has 2 aliphatic heterocycles. The Hall–Kier alpha value is -3.28. The molecule has 188 valence electrons. The predicted octanol–water partition coefficient (Wildman–Crippen LogP) is 2.82. The zero-order valence-electron chi connectivity index (χ0n) is 19.5. The van der Waals surface area contributed by atoms with Crippen LogP contribution in [0.3, 0.4) is 0 Å². The lowest BCUT2D eigenvalue weighted by Crippen LogP contribution is -2.44. The number of fused-ring (bicyclic) bond motifs is 5. The molecule has 0 spiro atoms. The number of nitrogens with zero attached hydrogens (tertiary/aromatic N) is 4. The molecule has 1 aromatic carbocycles. The standard InChI is InChI=1S/C24H24ClN5O5S/c1-14(31)21-5-6-22(36-21)24(33)29-11-18-20(12-29)35-13-16-10-30(28-27-16)7-2-8-34-19-9-15(23(32)26-18)3-4-17(19)25/h3-6,9-10,18,20H,2,7-8,11-13H2,1H3,(H,26,32)/t18-,20-/m0/s1. The number of thiophene rings is 1. The number of ether oxygens (including phenoxy) is 2. The second kappa shape index (κ2) is 10.4. The molecule has 36 heavy (non-hydrogen) atoms. The van der Waals surface area contributed by atoms with Gasteiger partial charge in [-0.05, 0) is 37.3 Å².